The van der Waals surface area contributed by atoms with E-state index in [1.807, 2.05) is 18.2 Å². The Morgan fingerprint density at radius 2 is 2.00 bits per heavy atom. The first-order chi connectivity index (χ1) is 8.70. The van der Waals surface area contributed by atoms with Crippen molar-refractivity contribution in [3.63, 3.8) is 0 Å². The first kappa shape index (κ1) is 13.1. The van der Waals surface area contributed by atoms with Gasteiger partial charge in [0.1, 0.15) is 0 Å². The van der Waals surface area contributed by atoms with Crippen LogP contribution in [0.5, 0.6) is 0 Å². The molecule has 0 unspecified atom stereocenters. The molecule has 0 aliphatic carbocycles. The Bertz CT molecular complexity index is 409. The fourth-order valence-corrected chi connectivity index (χ4v) is 2.46. The quantitative estimate of drug-likeness (QED) is 0.889. The van der Waals surface area contributed by atoms with E-state index < -0.39 is 0 Å². The van der Waals surface area contributed by atoms with E-state index in [2.05, 4.69) is 30.3 Å². The molecular weight excluding hydrogens is 224 g/mol. The molecule has 0 spiro atoms. The maximum absolute atomic E-state index is 12.2. The van der Waals surface area contributed by atoms with E-state index in [1.165, 1.54) is 5.56 Å². The first-order valence-corrected chi connectivity index (χ1v) is 6.78. The number of piperidine rings is 1. The largest absolute Gasteiger partial charge is 0.326 e. The monoisotopic (exact) mass is 246 g/mol. The molecule has 98 valence electrons. The van der Waals surface area contributed by atoms with Gasteiger partial charge in [0.15, 0.2) is 0 Å². The van der Waals surface area contributed by atoms with Crippen molar-refractivity contribution in [1.29, 1.82) is 0 Å². The molecule has 0 atom stereocenters. The molecule has 1 saturated heterocycles. The SMILES string of the molecule is CCc1ccccc1NC(=O)C1CCN(C)CC1. The zero-order valence-corrected chi connectivity index (χ0v) is 11.3. The number of amides is 1. The number of carbonyl (C=O) groups is 1. The lowest BCUT2D eigenvalue weighted by Gasteiger charge is -2.28. The van der Waals surface area contributed by atoms with Crippen LogP contribution in [-0.2, 0) is 11.2 Å². The van der Waals surface area contributed by atoms with Crippen LogP contribution in [0.2, 0.25) is 0 Å². The van der Waals surface area contributed by atoms with E-state index >= 15 is 0 Å². The molecule has 1 aromatic rings. The molecule has 1 aromatic carbocycles. The number of likely N-dealkylation sites (tertiary alicyclic amines) is 1. The fraction of sp³-hybridized carbons (Fsp3) is 0.533. The van der Waals surface area contributed by atoms with Crippen molar-refractivity contribution in [3.8, 4) is 0 Å². The van der Waals surface area contributed by atoms with Gasteiger partial charge in [-0.1, -0.05) is 25.1 Å². The highest BCUT2D eigenvalue weighted by Crippen LogP contribution is 2.20. The molecule has 2 rings (SSSR count). The van der Waals surface area contributed by atoms with Crippen molar-refractivity contribution in [2.45, 2.75) is 26.2 Å². The number of hydrogen-bond donors (Lipinski definition) is 1. The van der Waals surface area contributed by atoms with Crippen molar-refractivity contribution < 1.29 is 4.79 Å². The average Bonchev–Trinajstić information content (AvgIpc) is 2.40. The topological polar surface area (TPSA) is 32.3 Å². The molecule has 3 heteroatoms. The molecule has 1 amide bonds. The van der Waals surface area contributed by atoms with E-state index in [9.17, 15) is 4.79 Å². The van der Waals surface area contributed by atoms with Crippen LogP contribution in [0.15, 0.2) is 24.3 Å². The Balaban J connectivity index is 1.98. The summed E-state index contributed by atoms with van der Waals surface area (Å²) < 4.78 is 0. The van der Waals surface area contributed by atoms with Crippen LogP contribution >= 0.6 is 0 Å². The molecule has 1 aliphatic rings. The predicted octanol–water partition coefficient (Wildman–Crippen LogP) is 2.53. The van der Waals surface area contributed by atoms with Gasteiger partial charge in [-0.3, -0.25) is 4.79 Å². The summed E-state index contributed by atoms with van der Waals surface area (Å²) in [4.78, 5) is 14.5. The average molecular weight is 246 g/mol. The summed E-state index contributed by atoms with van der Waals surface area (Å²) in [7, 11) is 2.11. The van der Waals surface area contributed by atoms with Crippen LogP contribution in [0.4, 0.5) is 5.69 Å². The minimum atomic E-state index is 0.172. The van der Waals surface area contributed by atoms with Gasteiger partial charge in [0, 0.05) is 11.6 Å². The Labute approximate surface area is 109 Å². The standard InChI is InChI=1S/C15H22N2O/c1-3-12-6-4-5-7-14(12)16-15(18)13-8-10-17(2)11-9-13/h4-7,13H,3,8-11H2,1-2H3,(H,16,18). The molecule has 1 fully saturated rings. The molecule has 18 heavy (non-hydrogen) atoms. The van der Waals surface area contributed by atoms with E-state index in [1.54, 1.807) is 0 Å². The van der Waals surface area contributed by atoms with Crippen molar-refractivity contribution in [3.05, 3.63) is 29.8 Å². The predicted molar refractivity (Wildman–Crippen MR) is 74.7 cm³/mol. The number of nitrogens with one attached hydrogen (secondary N) is 1. The number of aryl methyl sites for hydroxylation is 1. The molecule has 1 heterocycles. The summed E-state index contributed by atoms with van der Waals surface area (Å²) >= 11 is 0. The number of rotatable bonds is 3. The molecule has 0 bridgehead atoms. The van der Waals surface area contributed by atoms with Crippen molar-refractivity contribution in [1.82, 2.24) is 4.90 Å². The van der Waals surface area contributed by atoms with Crippen molar-refractivity contribution in [2.24, 2.45) is 5.92 Å². The maximum Gasteiger partial charge on any atom is 0.227 e. The molecule has 1 N–H and O–H groups in total. The van der Waals surface area contributed by atoms with Gasteiger partial charge in [-0.2, -0.15) is 0 Å². The van der Waals surface area contributed by atoms with Crippen LogP contribution in [-0.4, -0.2) is 30.9 Å². The smallest absolute Gasteiger partial charge is 0.227 e. The number of benzene rings is 1. The lowest BCUT2D eigenvalue weighted by Crippen LogP contribution is -2.36. The number of hydrogen-bond acceptors (Lipinski definition) is 2. The number of carbonyl (C=O) groups excluding carboxylic acids is 1. The lowest BCUT2D eigenvalue weighted by molar-refractivity contribution is -0.121. The van der Waals surface area contributed by atoms with Gasteiger partial charge in [-0.25, -0.2) is 0 Å². The van der Waals surface area contributed by atoms with Crippen LogP contribution in [0, 0.1) is 5.92 Å². The first-order valence-electron chi connectivity index (χ1n) is 6.78. The third-order valence-corrected chi connectivity index (χ3v) is 3.75. The molecule has 0 saturated carbocycles. The molecule has 3 nitrogen and oxygen atoms in total. The van der Waals surface area contributed by atoms with Crippen LogP contribution < -0.4 is 5.32 Å². The molecule has 0 aromatic heterocycles. The van der Waals surface area contributed by atoms with Gasteiger partial charge in [-0.15, -0.1) is 0 Å². The van der Waals surface area contributed by atoms with Gasteiger partial charge in [0.05, 0.1) is 0 Å². The highest BCUT2D eigenvalue weighted by Gasteiger charge is 2.23. The molecular formula is C15H22N2O. The van der Waals surface area contributed by atoms with Gasteiger partial charge in [0.25, 0.3) is 0 Å². The fourth-order valence-electron chi connectivity index (χ4n) is 2.46. The van der Waals surface area contributed by atoms with Crippen LogP contribution in [0.25, 0.3) is 0 Å². The third-order valence-electron chi connectivity index (χ3n) is 3.75. The van der Waals surface area contributed by atoms with Crippen molar-refractivity contribution in [2.75, 3.05) is 25.5 Å². The van der Waals surface area contributed by atoms with Crippen molar-refractivity contribution >= 4 is 11.6 Å². The molecule has 0 radical (unpaired) electrons. The van der Waals surface area contributed by atoms with Crippen LogP contribution in [0.1, 0.15) is 25.3 Å². The highest BCUT2D eigenvalue weighted by atomic mass is 16.1. The van der Waals surface area contributed by atoms with E-state index in [0.717, 1.165) is 38.0 Å². The van der Waals surface area contributed by atoms with E-state index in [0.29, 0.717) is 0 Å². The van der Waals surface area contributed by atoms with E-state index in [-0.39, 0.29) is 11.8 Å². The maximum atomic E-state index is 12.2. The van der Waals surface area contributed by atoms with Gasteiger partial charge in [-0.05, 0) is 51.0 Å². The summed E-state index contributed by atoms with van der Waals surface area (Å²) in [6, 6.07) is 8.06. The lowest BCUT2D eigenvalue weighted by atomic mass is 9.96. The number of anilines is 1. The van der Waals surface area contributed by atoms with Gasteiger partial charge >= 0.3 is 0 Å². The highest BCUT2D eigenvalue weighted by molar-refractivity contribution is 5.93. The summed E-state index contributed by atoms with van der Waals surface area (Å²) in [6.07, 6.45) is 2.89. The zero-order valence-electron chi connectivity index (χ0n) is 11.3. The number of nitrogens with zero attached hydrogens (tertiary/aromatic N) is 1. The zero-order chi connectivity index (χ0) is 13.0. The van der Waals surface area contributed by atoms with Crippen LogP contribution in [0.3, 0.4) is 0 Å². The van der Waals surface area contributed by atoms with E-state index in [4.69, 9.17) is 0 Å². The summed E-state index contributed by atoms with van der Waals surface area (Å²) in [5.41, 5.74) is 2.18. The summed E-state index contributed by atoms with van der Waals surface area (Å²) in [5.74, 6) is 0.357. The van der Waals surface area contributed by atoms with Gasteiger partial charge in [0.2, 0.25) is 5.91 Å². The number of para-hydroxylation sites is 1. The molecule has 1 aliphatic heterocycles. The summed E-state index contributed by atoms with van der Waals surface area (Å²) in [5, 5.41) is 3.09. The second-order valence-electron chi connectivity index (χ2n) is 5.08. The second-order valence-corrected chi connectivity index (χ2v) is 5.08. The minimum Gasteiger partial charge on any atom is -0.326 e. The Morgan fingerprint density at radius 1 is 1.33 bits per heavy atom. The minimum absolute atomic E-state index is 0.172. The Morgan fingerprint density at radius 3 is 2.67 bits per heavy atom. The van der Waals surface area contributed by atoms with Gasteiger partial charge < -0.3 is 10.2 Å². The second kappa shape index (κ2) is 6.01. The Kier molecular flexibility index (Phi) is 4.37. The Hall–Kier alpha value is -1.35. The summed E-state index contributed by atoms with van der Waals surface area (Å²) in [6.45, 7) is 4.15. The normalized spacial score (nSPS) is 17.7. The third kappa shape index (κ3) is 3.10.